The molecule has 0 fully saturated rings. The highest BCUT2D eigenvalue weighted by molar-refractivity contribution is 6.31. The Morgan fingerprint density at radius 1 is 1.09 bits per heavy atom. The van der Waals surface area contributed by atoms with Crippen LogP contribution >= 0.6 is 11.6 Å². The Balaban J connectivity index is 1.93. The molecule has 120 valence electrons. The van der Waals surface area contributed by atoms with Crippen LogP contribution in [0, 0.1) is 17.5 Å². The SMILES string of the molecule is C=C(NCc1ccc(F)cc1Cl)NC(=O)c1ccc(F)c(F)c1. The molecule has 1 amide bonds. The molecule has 2 aromatic rings. The third-order valence-corrected chi connectivity index (χ3v) is 3.31. The van der Waals surface area contributed by atoms with Gasteiger partial charge in [0.25, 0.3) is 5.91 Å². The van der Waals surface area contributed by atoms with Crippen LogP contribution in [-0.2, 0) is 6.54 Å². The molecule has 0 atom stereocenters. The van der Waals surface area contributed by atoms with Crippen LogP contribution in [0.1, 0.15) is 15.9 Å². The highest BCUT2D eigenvalue weighted by atomic mass is 35.5. The molecule has 2 rings (SSSR count). The van der Waals surface area contributed by atoms with E-state index < -0.39 is 23.4 Å². The number of carbonyl (C=O) groups is 1. The van der Waals surface area contributed by atoms with Crippen LogP contribution in [0.25, 0.3) is 0 Å². The lowest BCUT2D eigenvalue weighted by atomic mass is 10.2. The van der Waals surface area contributed by atoms with E-state index in [2.05, 4.69) is 17.2 Å². The zero-order valence-electron chi connectivity index (χ0n) is 11.8. The molecular weight excluding hydrogens is 329 g/mol. The van der Waals surface area contributed by atoms with E-state index in [0.29, 0.717) is 5.56 Å². The Morgan fingerprint density at radius 3 is 2.48 bits per heavy atom. The van der Waals surface area contributed by atoms with Crippen LogP contribution in [0.4, 0.5) is 13.2 Å². The molecule has 0 aromatic heterocycles. The van der Waals surface area contributed by atoms with Crippen molar-refractivity contribution in [2.24, 2.45) is 0 Å². The summed E-state index contributed by atoms with van der Waals surface area (Å²) in [5.41, 5.74) is 0.558. The molecule has 2 aromatic carbocycles. The zero-order chi connectivity index (χ0) is 17.0. The van der Waals surface area contributed by atoms with Crippen molar-refractivity contribution in [1.82, 2.24) is 10.6 Å². The molecule has 0 aliphatic heterocycles. The Morgan fingerprint density at radius 2 is 1.83 bits per heavy atom. The molecule has 0 saturated heterocycles. The summed E-state index contributed by atoms with van der Waals surface area (Å²) in [6.07, 6.45) is 0. The first-order valence-electron chi connectivity index (χ1n) is 6.50. The van der Waals surface area contributed by atoms with Crippen LogP contribution in [0.3, 0.4) is 0 Å². The van der Waals surface area contributed by atoms with Gasteiger partial charge >= 0.3 is 0 Å². The second kappa shape index (κ2) is 7.19. The van der Waals surface area contributed by atoms with Crippen LogP contribution in [0.15, 0.2) is 48.8 Å². The smallest absolute Gasteiger partial charge is 0.256 e. The van der Waals surface area contributed by atoms with Gasteiger partial charge in [-0.1, -0.05) is 24.2 Å². The maximum atomic E-state index is 13.1. The van der Waals surface area contributed by atoms with E-state index >= 15 is 0 Å². The molecule has 0 aliphatic carbocycles. The van der Waals surface area contributed by atoms with Gasteiger partial charge in [0.2, 0.25) is 0 Å². The molecule has 0 radical (unpaired) electrons. The molecule has 0 spiro atoms. The van der Waals surface area contributed by atoms with E-state index in [9.17, 15) is 18.0 Å². The van der Waals surface area contributed by atoms with Crippen LogP contribution in [-0.4, -0.2) is 5.91 Å². The molecule has 0 saturated carbocycles. The van der Waals surface area contributed by atoms with Crippen LogP contribution in [0.2, 0.25) is 5.02 Å². The summed E-state index contributed by atoms with van der Waals surface area (Å²) in [6.45, 7) is 3.80. The fraction of sp³-hybridized carbons (Fsp3) is 0.0625. The Labute approximate surface area is 135 Å². The first-order chi connectivity index (χ1) is 10.9. The number of rotatable bonds is 5. The van der Waals surface area contributed by atoms with Gasteiger partial charge in [0.1, 0.15) is 5.82 Å². The predicted octanol–water partition coefficient (Wildman–Crippen LogP) is 3.75. The largest absolute Gasteiger partial charge is 0.368 e. The minimum Gasteiger partial charge on any atom is -0.368 e. The van der Waals surface area contributed by atoms with Crippen molar-refractivity contribution in [1.29, 1.82) is 0 Å². The molecule has 23 heavy (non-hydrogen) atoms. The summed E-state index contributed by atoms with van der Waals surface area (Å²) in [6, 6.07) is 6.72. The lowest BCUT2D eigenvalue weighted by Crippen LogP contribution is -2.30. The topological polar surface area (TPSA) is 41.1 Å². The van der Waals surface area contributed by atoms with E-state index in [1.54, 1.807) is 0 Å². The molecule has 3 nitrogen and oxygen atoms in total. The number of hydrogen-bond donors (Lipinski definition) is 2. The highest BCUT2D eigenvalue weighted by Crippen LogP contribution is 2.17. The predicted molar refractivity (Wildman–Crippen MR) is 81.2 cm³/mol. The quantitative estimate of drug-likeness (QED) is 0.870. The van der Waals surface area contributed by atoms with E-state index in [0.717, 1.165) is 18.2 Å². The van der Waals surface area contributed by atoms with E-state index in [1.807, 2.05) is 0 Å². The first kappa shape index (κ1) is 16.9. The second-order valence-corrected chi connectivity index (χ2v) is 5.06. The second-order valence-electron chi connectivity index (χ2n) is 4.65. The third kappa shape index (κ3) is 4.50. The van der Waals surface area contributed by atoms with E-state index in [1.165, 1.54) is 18.2 Å². The molecule has 0 bridgehead atoms. The van der Waals surface area contributed by atoms with Gasteiger partial charge in [0, 0.05) is 17.1 Å². The maximum absolute atomic E-state index is 13.1. The number of carbonyl (C=O) groups excluding carboxylic acids is 1. The number of benzene rings is 2. The summed E-state index contributed by atoms with van der Waals surface area (Å²) in [5.74, 6) is -3.12. The third-order valence-electron chi connectivity index (χ3n) is 2.95. The van der Waals surface area contributed by atoms with Crippen molar-refractivity contribution >= 4 is 17.5 Å². The molecule has 2 N–H and O–H groups in total. The molecule has 0 unspecified atom stereocenters. The van der Waals surface area contributed by atoms with Gasteiger partial charge in [-0.25, -0.2) is 13.2 Å². The van der Waals surface area contributed by atoms with Gasteiger partial charge in [-0.05, 0) is 35.9 Å². The van der Waals surface area contributed by atoms with E-state index in [-0.39, 0.29) is 23.0 Å². The maximum Gasteiger partial charge on any atom is 0.256 e. The average Bonchev–Trinajstić information content (AvgIpc) is 2.49. The van der Waals surface area contributed by atoms with Gasteiger partial charge in [-0.3, -0.25) is 4.79 Å². The minimum absolute atomic E-state index is 0.0494. The van der Waals surface area contributed by atoms with Crippen molar-refractivity contribution in [3.8, 4) is 0 Å². The van der Waals surface area contributed by atoms with Crippen molar-refractivity contribution < 1.29 is 18.0 Å². The molecule has 0 aliphatic rings. The summed E-state index contributed by atoms with van der Waals surface area (Å²) >= 11 is 5.87. The summed E-state index contributed by atoms with van der Waals surface area (Å²) in [4.78, 5) is 11.9. The summed E-state index contributed by atoms with van der Waals surface area (Å²) < 4.78 is 38.8. The average molecular weight is 341 g/mol. The summed E-state index contributed by atoms with van der Waals surface area (Å²) in [5, 5.41) is 5.41. The van der Waals surface area contributed by atoms with Crippen LogP contribution in [0.5, 0.6) is 0 Å². The highest BCUT2D eigenvalue weighted by Gasteiger charge is 2.10. The molecule has 0 heterocycles. The summed E-state index contributed by atoms with van der Waals surface area (Å²) in [7, 11) is 0. The van der Waals surface area contributed by atoms with Crippen LogP contribution < -0.4 is 10.6 Å². The van der Waals surface area contributed by atoms with Crippen molar-refractivity contribution in [2.75, 3.05) is 0 Å². The minimum atomic E-state index is -1.12. The zero-order valence-corrected chi connectivity index (χ0v) is 12.6. The first-order valence-corrected chi connectivity index (χ1v) is 6.87. The van der Waals surface area contributed by atoms with Crippen molar-refractivity contribution in [3.63, 3.8) is 0 Å². The van der Waals surface area contributed by atoms with Gasteiger partial charge in [0.15, 0.2) is 11.6 Å². The number of amides is 1. The normalized spacial score (nSPS) is 10.3. The van der Waals surface area contributed by atoms with Gasteiger partial charge in [-0.2, -0.15) is 0 Å². The van der Waals surface area contributed by atoms with Gasteiger partial charge in [0.05, 0.1) is 5.82 Å². The fourth-order valence-corrected chi connectivity index (χ4v) is 1.99. The lowest BCUT2D eigenvalue weighted by Gasteiger charge is -2.12. The Kier molecular flexibility index (Phi) is 5.28. The molecular formula is C16H12ClF3N2O. The number of hydrogen-bond acceptors (Lipinski definition) is 2. The Hall–Kier alpha value is -2.47. The fourth-order valence-electron chi connectivity index (χ4n) is 1.76. The number of nitrogens with one attached hydrogen (secondary N) is 2. The van der Waals surface area contributed by atoms with Gasteiger partial charge in [-0.15, -0.1) is 0 Å². The van der Waals surface area contributed by atoms with Crippen molar-refractivity contribution in [3.05, 3.63) is 82.4 Å². The lowest BCUT2D eigenvalue weighted by molar-refractivity contribution is 0.0962. The van der Waals surface area contributed by atoms with Crippen molar-refractivity contribution in [2.45, 2.75) is 6.54 Å². The standard InChI is InChI=1S/C16H12ClF3N2O/c1-9(21-8-11-2-4-12(18)7-13(11)17)22-16(23)10-3-5-14(19)15(20)6-10/h2-7,21H,1,8H2,(H,22,23). The van der Waals surface area contributed by atoms with Gasteiger partial charge < -0.3 is 10.6 Å². The number of halogens is 4. The molecule has 7 heteroatoms. The Bertz CT molecular complexity index is 765. The van der Waals surface area contributed by atoms with E-state index in [4.69, 9.17) is 11.6 Å². The monoisotopic (exact) mass is 340 g/mol.